The Kier molecular flexibility index (Phi) is 11.7. The lowest BCUT2D eigenvalue weighted by Gasteiger charge is -2.37. The fourth-order valence-electron chi connectivity index (χ4n) is 3.55. The predicted molar refractivity (Wildman–Crippen MR) is 120 cm³/mol. The number of hydrogen-bond acceptors (Lipinski definition) is 3. The Morgan fingerprint density at radius 1 is 1.20 bits per heavy atom. The van der Waals surface area contributed by atoms with Crippen LogP contribution in [0.25, 0.3) is 0 Å². The third-order valence-corrected chi connectivity index (χ3v) is 6.11. The van der Waals surface area contributed by atoms with Crippen molar-refractivity contribution in [1.82, 2.24) is 10.6 Å². The van der Waals surface area contributed by atoms with E-state index in [0.29, 0.717) is 5.41 Å². The van der Waals surface area contributed by atoms with Crippen LogP contribution < -0.4 is 10.6 Å². The van der Waals surface area contributed by atoms with E-state index < -0.39 is 0 Å². The summed E-state index contributed by atoms with van der Waals surface area (Å²) in [6, 6.07) is 4.49. The van der Waals surface area contributed by atoms with Crippen LogP contribution in [0, 0.1) is 0 Å². The Morgan fingerprint density at radius 2 is 2.00 bits per heavy atom. The second kappa shape index (κ2) is 12.9. The first kappa shape index (κ1) is 22.7. The predicted octanol–water partition coefficient (Wildman–Crippen LogP) is 4.55. The second-order valence-corrected chi connectivity index (χ2v) is 7.67. The largest absolute Gasteiger partial charge is 0.385 e. The van der Waals surface area contributed by atoms with Gasteiger partial charge >= 0.3 is 0 Å². The molecule has 1 aliphatic rings. The molecule has 0 saturated heterocycles. The SMILES string of the molecule is CN=C(NCCCCCOC)NCC1(c2cccs2)CCCCC1.I. The summed E-state index contributed by atoms with van der Waals surface area (Å²) in [5, 5.41) is 9.25. The highest BCUT2D eigenvalue weighted by Crippen LogP contribution is 2.41. The molecule has 0 aromatic carbocycles. The van der Waals surface area contributed by atoms with E-state index in [1.165, 1.54) is 43.4 Å². The van der Waals surface area contributed by atoms with Gasteiger partial charge in [-0.1, -0.05) is 25.3 Å². The minimum absolute atomic E-state index is 0. The Balaban J connectivity index is 0.00000312. The maximum atomic E-state index is 5.09. The van der Waals surface area contributed by atoms with Gasteiger partial charge in [-0.2, -0.15) is 0 Å². The van der Waals surface area contributed by atoms with Crippen molar-refractivity contribution < 1.29 is 4.74 Å². The number of methoxy groups -OCH3 is 1. The van der Waals surface area contributed by atoms with Crippen LogP contribution in [-0.4, -0.2) is 39.8 Å². The van der Waals surface area contributed by atoms with Crippen molar-refractivity contribution in [3.8, 4) is 0 Å². The quantitative estimate of drug-likeness (QED) is 0.237. The average molecular weight is 479 g/mol. The Bertz CT molecular complexity index is 473. The number of rotatable bonds is 9. The molecule has 1 aromatic heterocycles. The fourth-order valence-corrected chi connectivity index (χ4v) is 4.53. The zero-order valence-electron chi connectivity index (χ0n) is 15.7. The van der Waals surface area contributed by atoms with Gasteiger partial charge in [0.05, 0.1) is 0 Å². The number of nitrogens with zero attached hydrogens (tertiary/aromatic N) is 1. The van der Waals surface area contributed by atoms with E-state index in [1.54, 1.807) is 7.11 Å². The van der Waals surface area contributed by atoms with Crippen LogP contribution in [0.5, 0.6) is 0 Å². The van der Waals surface area contributed by atoms with Crippen molar-refractivity contribution in [3.05, 3.63) is 22.4 Å². The maximum absolute atomic E-state index is 5.09. The Morgan fingerprint density at radius 3 is 2.64 bits per heavy atom. The maximum Gasteiger partial charge on any atom is 0.191 e. The molecule has 1 saturated carbocycles. The first-order valence-corrected chi connectivity index (χ1v) is 10.2. The van der Waals surface area contributed by atoms with Crippen LogP contribution >= 0.6 is 35.3 Å². The number of aliphatic imine (C=N–C) groups is 1. The highest BCUT2D eigenvalue weighted by Gasteiger charge is 2.34. The van der Waals surface area contributed by atoms with Crippen molar-refractivity contribution in [3.63, 3.8) is 0 Å². The van der Waals surface area contributed by atoms with Gasteiger partial charge in [0.25, 0.3) is 0 Å². The van der Waals surface area contributed by atoms with E-state index in [4.69, 9.17) is 4.74 Å². The zero-order valence-corrected chi connectivity index (χ0v) is 18.8. The number of thiophene rings is 1. The molecule has 0 radical (unpaired) electrons. The van der Waals surface area contributed by atoms with Crippen LogP contribution in [0.1, 0.15) is 56.2 Å². The van der Waals surface area contributed by atoms with Gasteiger partial charge in [0.15, 0.2) is 5.96 Å². The monoisotopic (exact) mass is 479 g/mol. The van der Waals surface area contributed by atoms with E-state index in [0.717, 1.165) is 38.5 Å². The third kappa shape index (κ3) is 7.43. The molecule has 1 fully saturated rings. The Labute approximate surface area is 174 Å². The molecular weight excluding hydrogens is 445 g/mol. The molecule has 144 valence electrons. The highest BCUT2D eigenvalue weighted by atomic mass is 127. The lowest BCUT2D eigenvalue weighted by Crippen LogP contribution is -2.46. The van der Waals surface area contributed by atoms with Crippen LogP contribution in [0.15, 0.2) is 22.5 Å². The lowest BCUT2D eigenvalue weighted by molar-refractivity contribution is 0.192. The molecule has 1 aromatic rings. The van der Waals surface area contributed by atoms with Gasteiger partial charge in [-0.05, 0) is 43.6 Å². The highest BCUT2D eigenvalue weighted by molar-refractivity contribution is 14.0. The summed E-state index contributed by atoms with van der Waals surface area (Å²) in [4.78, 5) is 5.92. The summed E-state index contributed by atoms with van der Waals surface area (Å²) in [6.45, 7) is 2.81. The summed E-state index contributed by atoms with van der Waals surface area (Å²) in [7, 11) is 3.62. The molecule has 1 aliphatic carbocycles. The topological polar surface area (TPSA) is 45.7 Å². The lowest BCUT2D eigenvalue weighted by atomic mass is 9.73. The summed E-state index contributed by atoms with van der Waals surface area (Å²) < 4.78 is 5.09. The van der Waals surface area contributed by atoms with Crippen molar-refractivity contribution in [2.45, 2.75) is 56.8 Å². The second-order valence-electron chi connectivity index (χ2n) is 6.72. The number of ether oxygens (including phenoxy) is 1. The van der Waals surface area contributed by atoms with Gasteiger partial charge in [-0.15, -0.1) is 35.3 Å². The first-order valence-electron chi connectivity index (χ1n) is 9.28. The molecule has 2 rings (SSSR count). The van der Waals surface area contributed by atoms with Crippen molar-refractivity contribution in [1.29, 1.82) is 0 Å². The van der Waals surface area contributed by atoms with Gasteiger partial charge in [-0.3, -0.25) is 4.99 Å². The van der Waals surface area contributed by atoms with Crippen LogP contribution in [0.3, 0.4) is 0 Å². The molecule has 4 nitrogen and oxygen atoms in total. The van der Waals surface area contributed by atoms with E-state index in [9.17, 15) is 0 Å². The molecule has 1 heterocycles. The zero-order chi connectivity index (χ0) is 17.1. The number of unbranched alkanes of at least 4 members (excludes halogenated alkanes) is 2. The van der Waals surface area contributed by atoms with Gasteiger partial charge in [-0.25, -0.2) is 0 Å². The molecule has 0 unspecified atom stereocenters. The summed E-state index contributed by atoms with van der Waals surface area (Å²) >= 11 is 1.90. The van der Waals surface area contributed by atoms with Crippen LogP contribution in [0.4, 0.5) is 0 Å². The smallest absolute Gasteiger partial charge is 0.191 e. The van der Waals surface area contributed by atoms with Gasteiger partial charge in [0, 0.05) is 44.1 Å². The van der Waals surface area contributed by atoms with Crippen molar-refractivity contribution in [2.24, 2.45) is 4.99 Å². The Hall–Kier alpha value is -0.340. The van der Waals surface area contributed by atoms with E-state index >= 15 is 0 Å². The molecule has 0 bridgehead atoms. The molecular formula is C19H34IN3OS. The van der Waals surface area contributed by atoms with E-state index in [1.807, 2.05) is 18.4 Å². The molecule has 25 heavy (non-hydrogen) atoms. The molecule has 0 atom stereocenters. The normalized spacial score (nSPS) is 17.0. The van der Waals surface area contributed by atoms with Gasteiger partial charge in [0.1, 0.15) is 0 Å². The molecule has 0 aliphatic heterocycles. The summed E-state index contributed by atoms with van der Waals surface area (Å²) in [5.74, 6) is 0.934. The summed E-state index contributed by atoms with van der Waals surface area (Å²) in [6.07, 6.45) is 10.1. The van der Waals surface area contributed by atoms with Crippen LogP contribution in [0.2, 0.25) is 0 Å². The minimum atomic E-state index is 0. The average Bonchev–Trinajstić information content (AvgIpc) is 3.17. The molecule has 0 spiro atoms. The molecule has 0 amide bonds. The van der Waals surface area contributed by atoms with Crippen molar-refractivity contribution in [2.75, 3.05) is 33.9 Å². The van der Waals surface area contributed by atoms with Gasteiger partial charge in [0.2, 0.25) is 0 Å². The molecule has 2 N–H and O–H groups in total. The van der Waals surface area contributed by atoms with E-state index in [2.05, 4.69) is 33.1 Å². The fraction of sp³-hybridized carbons (Fsp3) is 0.737. The minimum Gasteiger partial charge on any atom is -0.385 e. The van der Waals surface area contributed by atoms with Gasteiger partial charge < -0.3 is 15.4 Å². The van der Waals surface area contributed by atoms with Crippen LogP contribution in [-0.2, 0) is 10.2 Å². The summed E-state index contributed by atoms with van der Waals surface area (Å²) in [5.41, 5.74) is 0.294. The number of nitrogens with one attached hydrogen (secondary N) is 2. The number of halogens is 1. The standard InChI is InChI=1S/C19H33N3OS.HI/c1-20-18(21-13-7-4-8-14-23-2)22-16-19(11-5-3-6-12-19)17-10-9-15-24-17;/h9-10,15H,3-8,11-14,16H2,1-2H3,(H2,20,21,22);1H. The molecule has 6 heteroatoms. The number of hydrogen-bond donors (Lipinski definition) is 2. The third-order valence-electron chi connectivity index (χ3n) is 4.99. The first-order chi connectivity index (χ1) is 11.8. The van der Waals surface area contributed by atoms with Crippen molar-refractivity contribution >= 4 is 41.3 Å². The van der Waals surface area contributed by atoms with E-state index in [-0.39, 0.29) is 24.0 Å². The number of guanidine groups is 1.